The van der Waals surface area contributed by atoms with Crippen molar-refractivity contribution in [1.82, 2.24) is 4.90 Å². The molecule has 1 heterocycles. The third-order valence-corrected chi connectivity index (χ3v) is 6.38. The fourth-order valence-corrected chi connectivity index (χ4v) is 4.54. The number of halogens is 3. The van der Waals surface area contributed by atoms with Crippen LogP contribution in [0.1, 0.15) is 13.3 Å². The van der Waals surface area contributed by atoms with E-state index in [2.05, 4.69) is 26.2 Å². The largest absolute Gasteiger partial charge is 0.505 e. The zero-order valence-electron chi connectivity index (χ0n) is 15.2. The van der Waals surface area contributed by atoms with Gasteiger partial charge in [-0.25, -0.2) is 4.99 Å². The van der Waals surface area contributed by atoms with E-state index in [4.69, 9.17) is 23.2 Å². The Bertz CT molecular complexity index is 962. The number of nitrogens with zero attached hydrogens (tertiary/aromatic N) is 2. The van der Waals surface area contributed by atoms with E-state index in [-0.39, 0.29) is 34.0 Å². The number of carbonyl (C=O) groups is 2. The van der Waals surface area contributed by atoms with Crippen LogP contribution in [0.15, 0.2) is 45.9 Å². The summed E-state index contributed by atoms with van der Waals surface area (Å²) >= 11 is 16.5. The van der Waals surface area contributed by atoms with E-state index in [1.165, 1.54) is 28.8 Å². The lowest BCUT2D eigenvalue weighted by Gasteiger charge is -2.31. The molecule has 2 aromatic carbocycles. The summed E-state index contributed by atoms with van der Waals surface area (Å²) in [4.78, 5) is 31.2. The van der Waals surface area contributed by atoms with Gasteiger partial charge in [0.1, 0.15) is 5.25 Å². The number of amidine groups is 1. The molecule has 1 unspecified atom stereocenters. The van der Waals surface area contributed by atoms with E-state index < -0.39 is 5.25 Å². The number of anilines is 1. The number of hydrogen-bond donors (Lipinski definition) is 2. The molecule has 3 rings (SSSR count). The average molecular weight is 517 g/mol. The highest BCUT2D eigenvalue weighted by Gasteiger charge is 2.35. The maximum Gasteiger partial charge on any atom is 0.238 e. The minimum absolute atomic E-state index is 0.0524. The molecule has 0 saturated carbocycles. The SMILES string of the molecule is CCN1C(=O)CC(C(=O)Nc2ccc(Br)cc2)SC1=Nc1cc(Cl)c(O)c(Cl)c1. The van der Waals surface area contributed by atoms with Gasteiger partial charge in [0.2, 0.25) is 11.8 Å². The number of benzene rings is 2. The first-order valence-electron chi connectivity index (χ1n) is 8.58. The van der Waals surface area contributed by atoms with Crippen LogP contribution in [0.3, 0.4) is 0 Å². The van der Waals surface area contributed by atoms with Crippen LogP contribution in [0.4, 0.5) is 11.4 Å². The number of phenolic OH excluding ortho intramolecular Hbond substituents is 1. The number of aliphatic imine (C=N–C) groups is 1. The number of thioether (sulfide) groups is 1. The fraction of sp³-hybridized carbons (Fsp3) is 0.211. The quantitative estimate of drug-likeness (QED) is 0.566. The van der Waals surface area contributed by atoms with Crippen LogP contribution < -0.4 is 5.32 Å². The van der Waals surface area contributed by atoms with Gasteiger partial charge in [0.15, 0.2) is 10.9 Å². The first-order chi connectivity index (χ1) is 13.8. The number of hydrogen-bond acceptors (Lipinski definition) is 5. The highest BCUT2D eigenvalue weighted by Crippen LogP contribution is 2.37. The minimum Gasteiger partial charge on any atom is -0.505 e. The lowest BCUT2D eigenvalue weighted by Crippen LogP contribution is -2.45. The number of phenols is 1. The Hall–Kier alpha value is -1.74. The van der Waals surface area contributed by atoms with Gasteiger partial charge in [0.25, 0.3) is 0 Å². The molecule has 1 saturated heterocycles. The molecule has 152 valence electrons. The molecular weight excluding hydrogens is 501 g/mol. The molecule has 2 N–H and O–H groups in total. The minimum atomic E-state index is -0.629. The summed E-state index contributed by atoms with van der Waals surface area (Å²) in [7, 11) is 0. The van der Waals surface area contributed by atoms with Crippen molar-refractivity contribution < 1.29 is 14.7 Å². The van der Waals surface area contributed by atoms with Gasteiger partial charge in [-0.1, -0.05) is 50.9 Å². The van der Waals surface area contributed by atoms with E-state index >= 15 is 0 Å². The van der Waals surface area contributed by atoms with Gasteiger partial charge in [-0.2, -0.15) is 0 Å². The van der Waals surface area contributed by atoms with Crippen molar-refractivity contribution in [2.45, 2.75) is 18.6 Å². The fourth-order valence-electron chi connectivity index (χ4n) is 2.64. The summed E-state index contributed by atoms with van der Waals surface area (Å²) < 4.78 is 0.900. The van der Waals surface area contributed by atoms with Gasteiger partial charge in [0.05, 0.1) is 15.7 Å². The van der Waals surface area contributed by atoms with Crippen molar-refractivity contribution in [2.75, 3.05) is 11.9 Å². The zero-order valence-corrected chi connectivity index (χ0v) is 19.1. The topological polar surface area (TPSA) is 82.0 Å². The monoisotopic (exact) mass is 515 g/mol. The molecule has 0 aromatic heterocycles. The van der Waals surface area contributed by atoms with Crippen LogP contribution in [0, 0.1) is 0 Å². The van der Waals surface area contributed by atoms with E-state index in [9.17, 15) is 14.7 Å². The summed E-state index contributed by atoms with van der Waals surface area (Å²) in [5, 5.41) is 12.4. The lowest BCUT2D eigenvalue weighted by molar-refractivity contribution is -0.129. The smallest absolute Gasteiger partial charge is 0.238 e. The highest BCUT2D eigenvalue weighted by molar-refractivity contribution is 9.10. The maximum absolute atomic E-state index is 12.7. The van der Waals surface area contributed by atoms with Crippen molar-refractivity contribution in [3.63, 3.8) is 0 Å². The summed E-state index contributed by atoms with van der Waals surface area (Å²) in [6.07, 6.45) is 0.0664. The zero-order chi connectivity index (χ0) is 21.1. The summed E-state index contributed by atoms with van der Waals surface area (Å²) in [5.74, 6) is -0.711. The standard InChI is InChI=1S/C19H16BrCl2N3O3S/c1-2-25-16(26)9-15(18(28)23-11-5-3-10(20)4-6-11)29-19(25)24-12-7-13(21)17(27)14(22)8-12/h3-8,15,27H,2,9H2,1H3,(H,23,28). The molecule has 1 atom stereocenters. The molecule has 0 spiro atoms. The molecule has 1 aliphatic rings. The van der Waals surface area contributed by atoms with Crippen molar-refractivity contribution in [3.8, 4) is 5.75 Å². The number of rotatable bonds is 4. The molecule has 29 heavy (non-hydrogen) atoms. The van der Waals surface area contributed by atoms with Crippen molar-refractivity contribution in [3.05, 3.63) is 50.9 Å². The van der Waals surface area contributed by atoms with Crippen LogP contribution in [-0.4, -0.2) is 38.8 Å². The van der Waals surface area contributed by atoms with E-state index in [0.29, 0.717) is 23.1 Å². The highest BCUT2D eigenvalue weighted by atomic mass is 79.9. The molecule has 1 aliphatic heterocycles. The normalized spacial score (nSPS) is 18.2. The predicted octanol–water partition coefficient (Wildman–Crippen LogP) is 5.44. The first-order valence-corrected chi connectivity index (χ1v) is 11.0. The van der Waals surface area contributed by atoms with Crippen molar-refractivity contribution in [2.24, 2.45) is 4.99 Å². The second-order valence-corrected chi connectivity index (χ2v) is 9.00. The van der Waals surface area contributed by atoms with Gasteiger partial charge in [-0.3, -0.25) is 14.5 Å². The predicted molar refractivity (Wildman–Crippen MR) is 121 cm³/mol. The summed E-state index contributed by atoms with van der Waals surface area (Å²) in [6.45, 7) is 2.23. The Morgan fingerprint density at radius 3 is 2.52 bits per heavy atom. The summed E-state index contributed by atoms with van der Waals surface area (Å²) in [6, 6.07) is 10.1. The maximum atomic E-state index is 12.7. The van der Waals surface area contributed by atoms with Gasteiger partial charge in [-0.15, -0.1) is 0 Å². The van der Waals surface area contributed by atoms with E-state index in [1.54, 1.807) is 12.1 Å². The Balaban J connectivity index is 1.85. The molecule has 6 nitrogen and oxygen atoms in total. The molecule has 0 aliphatic carbocycles. The number of aromatic hydroxyl groups is 1. The molecule has 1 fully saturated rings. The van der Waals surface area contributed by atoms with Crippen LogP contribution in [0.25, 0.3) is 0 Å². The molecular formula is C19H16BrCl2N3O3S. The van der Waals surface area contributed by atoms with Gasteiger partial charge in [0, 0.05) is 23.1 Å². The Morgan fingerprint density at radius 2 is 1.93 bits per heavy atom. The molecule has 10 heteroatoms. The van der Waals surface area contributed by atoms with Gasteiger partial charge < -0.3 is 10.4 Å². The Kier molecular flexibility index (Phi) is 7.10. The average Bonchev–Trinajstić information content (AvgIpc) is 2.67. The van der Waals surface area contributed by atoms with Gasteiger partial charge >= 0.3 is 0 Å². The second-order valence-electron chi connectivity index (χ2n) is 6.10. The third kappa shape index (κ3) is 5.25. The van der Waals surface area contributed by atoms with E-state index in [1.807, 2.05) is 19.1 Å². The van der Waals surface area contributed by atoms with Crippen LogP contribution in [-0.2, 0) is 9.59 Å². The second kappa shape index (κ2) is 9.38. The van der Waals surface area contributed by atoms with Crippen molar-refractivity contribution >= 4 is 79.3 Å². The molecule has 0 bridgehead atoms. The third-order valence-electron chi connectivity index (χ3n) is 4.09. The molecule has 2 amide bonds. The van der Waals surface area contributed by atoms with Gasteiger partial charge in [-0.05, 0) is 43.3 Å². The number of nitrogens with one attached hydrogen (secondary N) is 1. The number of carbonyl (C=O) groups excluding carboxylic acids is 2. The Labute approximate surface area is 190 Å². The molecule has 0 radical (unpaired) electrons. The number of amides is 2. The van der Waals surface area contributed by atoms with E-state index in [0.717, 1.165) is 4.47 Å². The van der Waals surface area contributed by atoms with Crippen molar-refractivity contribution in [1.29, 1.82) is 0 Å². The summed E-state index contributed by atoms with van der Waals surface area (Å²) in [5.41, 5.74) is 1.01. The Morgan fingerprint density at radius 1 is 1.31 bits per heavy atom. The molecule has 2 aromatic rings. The first kappa shape index (κ1) is 22.0. The van der Waals surface area contributed by atoms with Crippen LogP contribution >= 0.6 is 50.9 Å². The van der Waals surface area contributed by atoms with Crippen LogP contribution in [0.5, 0.6) is 5.75 Å². The van der Waals surface area contributed by atoms with Crippen LogP contribution in [0.2, 0.25) is 10.0 Å². The lowest BCUT2D eigenvalue weighted by atomic mass is 10.2.